The first-order valence-electron chi connectivity index (χ1n) is 5.61. The quantitative estimate of drug-likeness (QED) is 0.616. The zero-order chi connectivity index (χ0) is 13.8. The van der Waals surface area contributed by atoms with E-state index in [1.807, 2.05) is 0 Å². The van der Waals surface area contributed by atoms with Gasteiger partial charge in [-0.1, -0.05) is 12.1 Å². The minimum Gasteiger partial charge on any atom is -0.468 e. The Morgan fingerprint density at radius 3 is 2.53 bits per heavy atom. The van der Waals surface area contributed by atoms with E-state index in [0.717, 1.165) is 0 Å². The average Bonchev–Trinajstić information content (AvgIpc) is 2.85. The Labute approximate surface area is 108 Å². The van der Waals surface area contributed by atoms with Crippen LogP contribution in [0.3, 0.4) is 0 Å². The van der Waals surface area contributed by atoms with Gasteiger partial charge in [0.1, 0.15) is 17.5 Å². The lowest BCUT2D eigenvalue weighted by molar-refractivity contribution is -0.482. The first-order valence-corrected chi connectivity index (χ1v) is 5.61. The number of hydrogen-bond acceptors (Lipinski definition) is 4. The lowest BCUT2D eigenvalue weighted by Crippen LogP contribution is -2.13. The zero-order valence-corrected chi connectivity index (χ0v) is 10.2. The Hall–Kier alpha value is -2.37. The van der Waals surface area contributed by atoms with Crippen LogP contribution < -0.4 is 4.74 Å². The van der Waals surface area contributed by atoms with E-state index in [2.05, 4.69) is 0 Å². The molecule has 0 saturated heterocycles. The molecule has 1 atom stereocenters. The van der Waals surface area contributed by atoms with E-state index in [4.69, 9.17) is 9.15 Å². The molecule has 6 heteroatoms. The van der Waals surface area contributed by atoms with E-state index in [1.165, 1.54) is 31.4 Å². The van der Waals surface area contributed by atoms with Crippen molar-refractivity contribution in [3.05, 3.63) is 63.7 Å². The fraction of sp³-hybridized carbons (Fsp3) is 0.231. The Morgan fingerprint density at radius 1 is 1.32 bits per heavy atom. The van der Waals surface area contributed by atoms with Crippen molar-refractivity contribution in [3.8, 4) is 5.95 Å². The van der Waals surface area contributed by atoms with Crippen molar-refractivity contribution in [2.24, 2.45) is 0 Å². The van der Waals surface area contributed by atoms with Gasteiger partial charge in [-0.25, -0.2) is 4.39 Å². The Bertz CT molecular complexity index is 564. The maximum atomic E-state index is 12.9. The van der Waals surface area contributed by atoms with Gasteiger partial charge in [0.2, 0.25) is 6.54 Å². The molecule has 0 unspecified atom stereocenters. The first-order chi connectivity index (χ1) is 9.10. The van der Waals surface area contributed by atoms with Crippen LogP contribution in [0.5, 0.6) is 5.95 Å². The largest absolute Gasteiger partial charge is 0.468 e. The molecule has 0 N–H and O–H groups in total. The van der Waals surface area contributed by atoms with Gasteiger partial charge in [0, 0.05) is 11.0 Å². The molecule has 100 valence electrons. The summed E-state index contributed by atoms with van der Waals surface area (Å²) in [4.78, 5) is 10.3. The third kappa shape index (κ3) is 3.09. The second-order valence-electron chi connectivity index (χ2n) is 3.98. The second kappa shape index (κ2) is 5.51. The van der Waals surface area contributed by atoms with E-state index in [0.29, 0.717) is 11.3 Å². The lowest BCUT2D eigenvalue weighted by atomic mass is 9.97. The summed E-state index contributed by atoms with van der Waals surface area (Å²) in [6.07, 6.45) is 0. The molecular weight excluding hydrogens is 253 g/mol. The van der Waals surface area contributed by atoms with Gasteiger partial charge < -0.3 is 9.15 Å². The van der Waals surface area contributed by atoms with Crippen LogP contribution in [0, 0.1) is 15.9 Å². The number of furan rings is 1. The number of rotatable bonds is 5. The molecule has 0 aliphatic heterocycles. The molecule has 1 aromatic carbocycles. The summed E-state index contributed by atoms with van der Waals surface area (Å²) in [6, 6.07) is 8.77. The monoisotopic (exact) mass is 265 g/mol. The fourth-order valence-corrected chi connectivity index (χ4v) is 1.84. The Kier molecular flexibility index (Phi) is 3.79. The van der Waals surface area contributed by atoms with Gasteiger partial charge in [0.25, 0.3) is 5.95 Å². The molecule has 0 aliphatic carbocycles. The Morgan fingerprint density at radius 2 is 2.00 bits per heavy atom. The van der Waals surface area contributed by atoms with Crippen LogP contribution in [0.25, 0.3) is 0 Å². The highest BCUT2D eigenvalue weighted by Gasteiger charge is 2.23. The summed E-state index contributed by atoms with van der Waals surface area (Å²) in [5.74, 6) is -0.259. The zero-order valence-electron chi connectivity index (χ0n) is 10.2. The summed E-state index contributed by atoms with van der Waals surface area (Å²) in [7, 11) is 1.45. The molecule has 0 saturated carbocycles. The van der Waals surface area contributed by atoms with Crippen LogP contribution in [-0.2, 0) is 0 Å². The van der Waals surface area contributed by atoms with E-state index >= 15 is 0 Å². The van der Waals surface area contributed by atoms with Gasteiger partial charge in [0.05, 0.1) is 7.11 Å². The summed E-state index contributed by atoms with van der Waals surface area (Å²) in [5.41, 5.74) is 0.620. The lowest BCUT2D eigenvalue weighted by Gasteiger charge is -2.10. The van der Waals surface area contributed by atoms with Gasteiger partial charge in [-0.05, 0) is 23.8 Å². The van der Waals surface area contributed by atoms with Crippen molar-refractivity contribution in [2.45, 2.75) is 5.92 Å². The molecule has 0 radical (unpaired) electrons. The van der Waals surface area contributed by atoms with Crippen LogP contribution in [0.15, 0.2) is 40.8 Å². The topological polar surface area (TPSA) is 65.5 Å². The van der Waals surface area contributed by atoms with Crippen molar-refractivity contribution < 1.29 is 18.5 Å². The molecule has 19 heavy (non-hydrogen) atoms. The molecule has 0 amide bonds. The number of benzene rings is 1. The van der Waals surface area contributed by atoms with Crippen LogP contribution in [-0.4, -0.2) is 18.6 Å². The molecule has 1 heterocycles. The number of ether oxygens (including phenoxy) is 1. The standard InChI is InChI=1S/C13H12FNO4/c1-18-13-7-6-12(19-13)11(8-15(16)17)9-2-4-10(14)5-3-9/h2-7,11H,8H2,1H3/t11-/m0/s1. The van der Waals surface area contributed by atoms with Gasteiger partial charge in [-0.15, -0.1) is 0 Å². The molecule has 2 rings (SSSR count). The second-order valence-corrected chi connectivity index (χ2v) is 3.98. The molecule has 1 aromatic heterocycles. The fourth-order valence-electron chi connectivity index (χ4n) is 1.84. The van der Waals surface area contributed by atoms with Gasteiger partial charge in [0.15, 0.2) is 0 Å². The van der Waals surface area contributed by atoms with Crippen LogP contribution in [0.4, 0.5) is 4.39 Å². The van der Waals surface area contributed by atoms with Crippen molar-refractivity contribution >= 4 is 0 Å². The minimum absolute atomic E-state index is 0.283. The first kappa shape index (κ1) is 13.1. The maximum Gasteiger partial charge on any atom is 0.284 e. The third-order valence-electron chi connectivity index (χ3n) is 2.75. The normalized spacial score (nSPS) is 12.1. The number of hydrogen-bond donors (Lipinski definition) is 0. The maximum absolute atomic E-state index is 12.9. The van der Waals surface area contributed by atoms with Gasteiger partial charge in [-0.3, -0.25) is 10.1 Å². The number of nitro groups is 1. The molecule has 0 aliphatic rings. The molecule has 0 spiro atoms. The Balaban J connectivity index is 2.34. The van der Waals surface area contributed by atoms with Crippen LogP contribution >= 0.6 is 0 Å². The summed E-state index contributed by atoms with van der Waals surface area (Å²) in [6.45, 7) is -0.331. The smallest absolute Gasteiger partial charge is 0.284 e. The van der Waals surface area contributed by atoms with E-state index < -0.39 is 10.8 Å². The van der Waals surface area contributed by atoms with Crippen molar-refractivity contribution in [2.75, 3.05) is 13.7 Å². The molecule has 0 fully saturated rings. The number of methoxy groups -OCH3 is 1. The van der Waals surface area contributed by atoms with Crippen molar-refractivity contribution in [1.29, 1.82) is 0 Å². The summed E-state index contributed by atoms with van der Waals surface area (Å²) < 4.78 is 23.2. The summed E-state index contributed by atoms with van der Waals surface area (Å²) >= 11 is 0. The highest BCUT2D eigenvalue weighted by atomic mass is 19.1. The highest BCUT2D eigenvalue weighted by Crippen LogP contribution is 2.29. The SMILES string of the molecule is COc1ccc([C@@H](C[N+](=O)[O-])c2ccc(F)cc2)o1. The van der Waals surface area contributed by atoms with Crippen LogP contribution in [0.1, 0.15) is 17.2 Å². The predicted molar refractivity (Wildman–Crippen MR) is 65.4 cm³/mol. The number of nitrogens with zero attached hydrogens (tertiary/aromatic N) is 1. The van der Waals surface area contributed by atoms with E-state index in [1.54, 1.807) is 12.1 Å². The average molecular weight is 265 g/mol. The number of halogens is 1. The van der Waals surface area contributed by atoms with Crippen LogP contribution in [0.2, 0.25) is 0 Å². The van der Waals surface area contributed by atoms with Gasteiger partial charge >= 0.3 is 0 Å². The summed E-state index contributed by atoms with van der Waals surface area (Å²) in [5, 5.41) is 10.8. The molecule has 5 nitrogen and oxygen atoms in total. The molecular formula is C13H12FNO4. The highest BCUT2D eigenvalue weighted by molar-refractivity contribution is 5.29. The minimum atomic E-state index is -0.570. The van der Waals surface area contributed by atoms with E-state index in [9.17, 15) is 14.5 Å². The van der Waals surface area contributed by atoms with Crippen molar-refractivity contribution in [1.82, 2.24) is 0 Å². The van der Waals surface area contributed by atoms with E-state index in [-0.39, 0.29) is 18.3 Å². The third-order valence-corrected chi connectivity index (χ3v) is 2.75. The predicted octanol–water partition coefficient (Wildman–Crippen LogP) is 2.84. The molecule has 0 bridgehead atoms. The van der Waals surface area contributed by atoms with Crippen molar-refractivity contribution in [3.63, 3.8) is 0 Å². The van der Waals surface area contributed by atoms with Gasteiger partial charge in [-0.2, -0.15) is 0 Å². The molecule has 2 aromatic rings.